The van der Waals surface area contributed by atoms with E-state index in [2.05, 4.69) is 0 Å². The van der Waals surface area contributed by atoms with Gasteiger partial charge in [0.1, 0.15) is 6.04 Å². The van der Waals surface area contributed by atoms with Crippen LogP contribution in [0.5, 0.6) is 0 Å². The van der Waals surface area contributed by atoms with Crippen molar-refractivity contribution in [2.75, 3.05) is 12.0 Å². The Labute approximate surface area is 80.6 Å². The number of carboxylic acid groups (broad SMARTS) is 1. The number of carbonyl (C=O) groups is 1. The molecule has 1 atom stereocenters. The monoisotopic (exact) mass is 230 g/mol. The Morgan fingerprint density at radius 1 is 1.73 bits per heavy atom. The zero-order chi connectivity index (χ0) is 9.28. The summed E-state index contributed by atoms with van der Waals surface area (Å²) in [5, 5.41) is 8.27. The fourth-order valence-corrected chi connectivity index (χ4v) is 0.858. The molecule has 0 saturated heterocycles. The minimum absolute atomic E-state index is 0.375. The summed E-state index contributed by atoms with van der Waals surface area (Å²) in [4.78, 5) is 10.1. The Balaban J connectivity index is 0. The molecular weight excluding hydrogens is 220 g/mol. The summed E-state index contributed by atoms with van der Waals surface area (Å²) in [6, 6.07) is -0.683. The summed E-state index contributed by atoms with van der Waals surface area (Å²) in [7, 11) is 0. The molecule has 63 valence electrons. The number of nitrogens with two attached hydrogens (primary N) is 1. The normalized spacial score (nSPS) is 11.4. The molecule has 0 aromatic rings. The van der Waals surface area contributed by atoms with Crippen molar-refractivity contribution in [3.63, 3.8) is 0 Å². The summed E-state index contributed by atoms with van der Waals surface area (Å²) in [5.41, 5.74) is 5.19. The van der Waals surface area contributed by atoms with Crippen LogP contribution in [-0.4, -0.2) is 33.1 Å². The Hall–Kier alpha value is 0.363. The fourth-order valence-electron chi connectivity index (χ4n) is 0.368. The molecule has 4 nitrogen and oxygen atoms in total. The Kier molecular flexibility index (Phi) is 13.1. The summed E-state index contributed by atoms with van der Waals surface area (Å²) in [6.07, 6.45) is 2.48. The van der Waals surface area contributed by atoms with Crippen molar-refractivity contribution in [1.29, 1.82) is 0 Å². The molecule has 4 N–H and O–H groups in total. The van der Waals surface area contributed by atoms with Gasteiger partial charge >= 0.3 is 28.6 Å². The average Bonchev–Trinajstić information content (AvgIpc) is 2.03. The average molecular weight is 232 g/mol. The maximum absolute atomic E-state index is 10.1. The van der Waals surface area contributed by atoms with Crippen LogP contribution in [0.3, 0.4) is 0 Å². The summed E-state index contributed by atoms with van der Waals surface area (Å²) >= 11 is 1.98. The number of carboxylic acids is 1. The van der Waals surface area contributed by atoms with Crippen LogP contribution in [0.2, 0.25) is 0 Å². The quantitative estimate of drug-likeness (QED) is 0.573. The molecule has 0 fully saturated rings. The molecule has 0 aliphatic carbocycles. The third-order valence-corrected chi connectivity index (χ3v) is 1.59. The van der Waals surface area contributed by atoms with Crippen molar-refractivity contribution >= 4 is 17.7 Å². The summed E-state index contributed by atoms with van der Waals surface area (Å²) in [6.45, 7) is 0. The van der Waals surface area contributed by atoms with Gasteiger partial charge in [-0.3, -0.25) is 4.79 Å². The predicted octanol–water partition coefficient (Wildman–Crippen LogP) is -0.408. The van der Waals surface area contributed by atoms with E-state index in [1.54, 1.807) is 11.8 Å². The fraction of sp³-hybridized carbons (Fsp3) is 0.800. The molecule has 0 bridgehead atoms. The van der Waals surface area contributed by atoms with E-state index in [4.69, 9.17) is 14.8 Å². The molecule has 6 heteroatoms. The van der Waals surface area contributed by atoms with Gasteiger partial charge in [0.25, 0.3) is 0 Å². The molecule has 0 aliphatic rings. The molecule has 0 saturated carbocycles. The molecule has 0 amide bonds. The molecule has 0 radical (unpaired) electrons. The first-order valence-corrected chi connectivity index (χ1v) is 5.69. The standard InChI is InChI=1S/C5H11NO2S.H2O.Zn/c1-9-3-2-4(6)5(7)8;;/h4H,2-3,6H2,1H3,(H,7,8);1H2;/q;;+1/p-1. The van der Waals surface area contributed by atoms with E-state index >= 15 is 0 Å². The minimum atomic E-state index is -0.913. The first-order valence-electron chi connectivity index (χ1n) is 2.97. The van der Waals surface area contributed by atoms with Crippen molar-refractivity contribution in [2.24, 2.45) is 5.73 Å². The first kappa shape index (κ1) is 13.9. The zero-order valence-corrected chi connectivity index (χ0v) is 10.3. The van der Waals surface area contributed by atoms with Crippen LogP contribution in [0, 0.1) is 0 Å². The number of hydrogen-bond acceptors (Lipinski definition) is 4. The first-order chi connectivity index (χ1) is 5.18. The Morgan fingerprint density at radius 3 is 2.45 bits per heavy atom. The van der Waals surface area contributed by atoms with Crippen molar-refractivity contribution in [3.05, 3.63) is 0 Å². The van der Waals surface area contributed by atoms with Gasteiger partial charge in [0, 0.05) is 0 Å². The van der Waals surface area contributed by atoms with Gasteiger partial charge in [0.15, 0.2) is 0 Å². The van der Waals surface area contributed by atoms with E-state index in [9.17, 15) is 4.79 Å². The van der Waals surface area contributed by atoms with Crippen LogP contribution in [0.25, 0.3) is 0 Å². The summed E-state index contributed by atoms with van der Waals surface area (Å²) < 4.78 is 7.12. The summed E-state index contributed by atoms with van der Waals surface area (Å²) in [5.74, 6) is -0.1000. The van der Waals surface area contributed by atoms with E-state index in [0.29, 0.717) is 25.1 Å². The number of hydrogen-bond donors (Lipinski definition) is 3. The molecule has 1 unspecified atom stereocenters. The van der Waals surface area contributed by atoms with Crippen LogP contribution in [0.4, 0.5) is 0 Å². The van der Waals surface area contributed by atoms with E-state index in [-0.39, 0.29) is 0 Å². The molecule has 0 aromatic carbocycles. The molecular formula is C5H12NO3SZn. The van der Waals surface area contributed by atoms with Crippen molar-refractivity contribution in [2.45, 2.75) is 12.5 Å². The van der Waals surface area contributed by atoms with Gasteiger partial charge in [-0.2, -0.15) is 11.8 Å². The van der Waals surface area contributed by atoms with Crippen LogP contribution in [0.1, 0.15) is 6.42 Å². The third-order valence-electron chi connectivity index (χ3n) is 0.950. The van der Waals surface area contributed by atoms with Crippen molar-refractivity contribution < 1.29 is 32.5 Å². The van der Waals surface area contributed by atoms with Gasteiger partial charge < -0.3 is 10.8 Å². The molecule has 0 heterocycles. The van der Waals surface area contributed by atoms with E-state index in [1.807, 2.05) is 6.26 Å². The van der Waals surface area contributed by atoms with Gasteiger partial charge in [-0.25, -0.2) is 0 Å². The van der Waals surface area contributed by atoms with E-state index in [0.717, 1.165) is 5.75 Å². The van der Waals surface area contributed by atoms with Crippen LogP contribution in [-0.2, 0) is 23.5 Å². The Bertz CT molecular complexity index is 104. The van der Waals surface area contributed by atoms with Gasteiger partial charge in [-0.05, 0) is 18.4 Å². The number of thioether (sulfide) groups is 1. The van der Waals surface area contributed by atoms with E-state index in [1.165, 1.54) is 0 Å². The second-order valence-corrected chi connectivity index (χ2v) is 2.71. The van der Waals surface area contributed by atoms with Gasteiger partial charge in [-0.15, -0.1) is 0 Å². The molecule has 0 rings (SSSR count). The number of aliphatic carboxylic acids is 1. The maximum atomic E-state index is 10.1. The third kappa shape index (κ3) is 10.4. The second-order valence-electron chi connectivity index (χ2n) is 1.73. The van der Waals surface area contributed by atoms with Crippen LogP contribution in [0.15, 0.2) is 0 Å². The topological polar surface area (TPSA) is 83.6 Å². The van der Waals surface area contributed by atoms with Crippen molar-refractivity contribution in [1.82, 2.24) is 0 Å². The zero-order valence-electron chi connectivity index (χ0n) is 6.49. The molecule has 0 aliphatic heterocycles. The van der Waals surface area contributed by atoms with Crippen molar-refractivity contribution in [3.8, 4) is 0 Å². The Morgan fingerprint density at radius 2 is 2.18 bits per heavy atom. The predicted molar refractivity (Wildman–Crippen MR) is 40.8 cm³/mol. The number of rotatable bonds is 4. The second kappa shape index (κ2) is 10.4. The van der Waals surface area contributed by atoms with Crippen LogP contribution < -0.4 is 5.73 Å². The molecule has 0 spiro atoms. The molecule has 11 heavy (non-hydrogen) atoms. The van der Waals surface area contributed by atoms with Gasteiger partial charge in [0.05, 0.1) is 0 Å². The SMILES string of the molecule is CSCCC(N)C(=O)O.[OH][Zn]. The van der Waals surface area contributed by atoms with E-state index < -0.39 is 12.0 Å². The van der Waals surface area contributed by atoms with Gasteiger partial charge in [-0.1, -0.05) is 0 Å². The van der Waals surface area contributed by atoms with Gasteiger partial charge in [0.2, 0.25) is 0 Å². The van der Waals surface area contributed by atoms with Crippen LogP contribution >= 0.6 is 11.8 Å². The molecule has 0 aromatic heterocycles.